The zero-order chi connectivity index (χ0) is 8.15. The van der Waals surface area contributed by atoms with Crippen LogP contribution < -0.4 is 69.3 Å². The van der Waals surface area contributed by atoms with Crippen LogP contribution >= 0.6 is 0 Å². The van der Waals surface area contributed by atoms with E-state index in [2.05, 4.69) is 0 Å². The van der Waals surface area contributed by atoms with E-state index in [1.54, 1.807) is 0 Å². The molecule has 0 bridgehead atoms. The Morgan fingerprint density at radius 2 is 1.67 bits per heavy atom. The van der Waals surface area contributed by atoms with E-state index in [0.717, 1.165) is 0 Å². The summed E-state index contributed by atoms with van der Waals surface area (Å²) in [7, 11) is 0. The minimum atomic E-state index is -1.71. The van der Waals surface area contributed by atoms with E-state index in [-0.39, 0.29) is 65.5 Å². The molecule has 0 aliphatic carbocycles. The molecule has 0 saturated carbocycles. The summed E-state index contributed by atoms with van der Waals surface area (Å²) in [4.78, 5) is 19.4. The van der Waals surface area contributed by atoms with E-state index < -0.39 is 24.5 Å². The maximum Gasteiger partial charge on any atom is 1.00 e. The van der Waals surface area contributed by atoms with Gasteiger partial charge in [-0.1, -0.05) is 0 Å². The first kappa shape index (κ1) is 18.6. The number of rotatable bonds is 4. The average molecular weight is 197 g/mol. The third kappa shape index (κ3) is 10.9. The summed E-state index contributed by atoms with van der Waals surface area (Å²) >= 11 is 0. The van der Waals surface area contributed by atoms with Gasteiger partial charge in [-0.05, 0) is 12.8 Å². The van der Waals surface area contributed by atoms with Crippen LogP contribution in [0.2, 0.25) is 0 Å². The number of carbonyl (C=O) groups excluding carboxylic acids is 2. The van der Waals surface area contributed by atoms with Crippen molar-refractivity contribution in [2.24, 2.45) is 0 Å². The van der Waals surface area contributed by atoms with Gasteiger partial charge in [0.15, 0.2) is 0 Å². The second kappa shape index (κ2) is 9.98. The van der Waals surface area contributed by atoms with E-state index in [1.807, 2.05) is 0 Å². The van der Waals surface area contributed by atoms with Gasteiger partial charge >= 0.3 is 59.1 Å². The fraction of sp³-hybridized carbons (Fsp3) is 0.600. The van der Waals surface area contributed by atoms with Crippen molar-refractivity contribution in [3.63, 3.8) is 0 Å². The van der Waals surface area contributed by atoms with Gasteiger partial charge < -0.3 is 24.9 Å². The number of carboxylic acid groups (broad SMARTS) is 2. The van der Waals surface area contributed by atoms with Gasteiger partial charge in [-0.3, -0.25) is 0 Å². The van der Waals surface area contributed by atoms with Gasteiger partial charge in [0.25, 0.3) is 0 Å². The van der Waals surface area contributed by atoms with Crippen LogP contribution in [0.4, 0.5) is 0 Å². The molecule has 0 saturated heterocycles. The van der Waals surface area contributed by atoms with Crippen LogP contribution in [-0.4, -0.2) is 23.1 Å². The van der Waals surface area contributed by atoms with Gasteiger partial charge in [-0.15, -0.1) is 0 Å². The van der Waals surface area contributed by atoms with Crippen LogP contribution in [0.5, 0.6) is 0 Å². The quantitative estimate of drug-likeness (QED) is 0.356. The number of aliphatic carboxylic acids is 2. The third-order valence-corrected chi connectivity index (χ3v) is 0.894. The Hall–Kier alpha value is 0.900. The molecule has 5 nitrogen and oxygen atoms in total. The summed E-state index contributed by atoms with van der Waals surface area (Å²) in [5.74, 6) is -3.05. The fourth-order valence-corrected chi connectivity index (χ4v) is 0.372. The molecule has 58 valence electrons. The fourth-order valence-electron chi connectivity index (χ4n) is 0.372. The first-order valence-electron chi connectivity index (χ1n) is 2.63. The molecular formula is C5H6Na2O5. The maximum atomic E-state index is 9.74. The molecule has 0 unspecified atom stereocenters. The first-order valence-corrected chi connectivity index (χ1v) is 2.63. The molecule has 0 heterocycles. The van der Waals surface area contributed by atoms with Crippen molar-refractivity contribution in [2.75, 3.05) is 0 Å². The first-order chi connectivity index (χ1) is 4.54. The predicted molar refractivity (Wildman–Crippen MR) is 25.3 cm³/mol. The van der Waals surface area contributed by atoms with Crippen molar-refractivity contribution in [3.8, 4) is 0 Å². The number of hydrogen-bond donors (Lipinski definition) is 1. The zero-order valence-electron chi connectivity index (χ0n) is 7.07. The smallest absolute Gasteiger partial charge is 0.550 e. The second-order valence-electron chi connectivity index (χ2n) is 1.75. The Balaban J connectivity index is -0.000000405. The Labute approximate surface area is 114 Å². The van der Waals surface area contributed by atoms with Crippen LogP contribution in [0.3, 0.4) is 0 Å². The van der Waals surface area contributed by atoms with Crippen LogP contribution in [0, 0.1) is 0 Å². The van der Waals surface area contributed by atoms with Crippen molar-refractivity contribution < 1.29 is 84.0 Å². The molecule has 1 atom stereocenters. The standard InChI is InChI=1S/C5H8O5.2Na/c6-3(5(9)10)1-2-4(7)8;;/h3,6H,1-2H2,(H,7,8)(H,9,10);;/q;2*+1/p-2/t3-;;/m0../s1/i1+1,2+1,3+1,4+1,5+1;;. The normalized spacial score (nSPS) is 10.4. The monoisotopic (exact) mass is 197 g/mol. The van der Waals surface area contributed by atoms with Crippen molar-refractivity contribution >= 4 is 11.9 Å². The van der Waals surface area contributed by atoms with Crippen molar-refractivity contribution in [1.29, 1.82) is 0 Å². The molecule has 0 aromatic carbocycles. The minimum absolute atomic E-state index is 0. The molecule has 0 aromatic rings. The molecule has 0 fully saturated rings. The average Bonchev–Trinajstić information content (AvgIpc) is 1.82. The summed E-state index contributed by atoms with van der Waals surface area (Å²) in [6.07, 6.45) is -2.56. The van der Waals surface area contributed by atoms with Gasteiger partial charge in [-0.25, -0.2) is 0 Å². The predicted octanol–water partition coefficient (Wildman–Crippen LogP) is -9.36. The molecule has 7 heteroatoms. The van der Waals surface area contributed by atoms with E-state index in [0.29, 0.717) is 0 Å². The molecule has 0 aliphatic rings. The van der Waals surface area contributed by atoms with Gasteiger partial charge in [-0.2, -0.15) is 0 Å². The van der Waals surface area contributed by atoms with Crippen molar-refractivity contribution in [2.45, 2.75) is 18.9 Å². The molecule has 0 aliphatic heterocycles. The van der Waals surface area contributed by atoms with Crippen LogP contribution in [0.25, 0.3) is 0 Å². The van der Waals surface area contributed by atoms with E-state index in [9.17, 15) is 19.8 Å². The number of hydrogen-bond acceptors (Lipinski definition) is 5. The second-order valence-corrected chi connectivity index (χ2v) is 1.75. The largest absolute Gasteiger partial charge is 1.00 e. The number of carboxylic acids is 2. The molecule has 0 aromatic heterocycles. The molecule has 12 heavy (non-hydrogen) atoms. The van der Waals surface area contributed by atoms with E-state index in [1.165, 1.54) is 0 Å². The summed E-state index contributed by atoms with van der Waals surface area (Å²) in [5, 5.41) is 27.9. The zero-order valence-corrected chi connectivity index (χ0v) is 11.1. The van der Waals surface area contributed by atoms with Crippen molar-refractivity contribution in [3.05, 3.63) is 0 Å². The molecule has 0 rings (SSSR count). The van der Waals surface area contributed by atoms with Gasteiger partial charge in [0, 0.05) is 5.97 Å². The number of aliphatic hydroxyl groups excluding tert-OH is 1. The summed E-state index contributed by atoms with van der Waals surface area (Å²) in [6, 6.07) is 0. The van der Waals surface area contributed by atoms with E-state index in [4.69, 9.17) is 5.11 Å². The summed E-state index contributed by atoms with van der Waals surface area (Å²) in [6.45, 7) is 0. The number of aliphatic hydroxyl groups is 1. The van der Waals surface area contributed by atoms with Crippen molar-refractivity contribution in [1.82, 2.24) is 0 Å². The molecule has 0 spiro atoms. The van der Waals surface area contributed by atoms with E-state index >= 15 is 0 Å². The Bertz CT molecular complexity index is 149. The number of carbonyl (C=O) groups is 2. The van der Waals surface area contributed by atoms with Crippen LogP contribution in [-0.2, 0) is 9.59 Å². The summed E-state index contributed by atoms with van der Waals surface area (Å²) < 4.78 is 0. The Kier molecular flexibility index (Phi) is 15.5. The molecule has 0 amide bonds. The molecular weight excluding hydrogens is 191 g/mol. The molecule has 0 radical (unpaired) electrons. The molecule has 1 N–H and O–H groups in total. The van der Waals surface area contributed by atoms with Gasteiger partial charge in [0.05, 0.1) is 12.1 Å². The SMILES string of the molecule is O=[13C]([O-])[13CH2][13CH2][13C@H](O)[13C](=O)[O-].[Na+].[Na+]. The van der Waals surface area contributed by atoms with Gasteiger partial charge in [0.2, 0.25) is 0 Å². The minimum Gasteiger partial charge on any atom is -0.550 e. The Morgan fingerprint density at radius 3 is 1.92 bits per heavy atom. The maximum absolute atomic E-state index is 9.74. The van der Waals surface area contributed by atoms with Crippen LogP contribution in [0.15, 0.2) is 0 Å². The van der Waals surface area contributed by atoms with Crippen LogP contribution in [0.1, 0.15) is 12.8 Å². The third-order valence-electron chi connectivity index (χ3n) is 0.894. The Morgan fingerprint density at radius 1 is 1.25 bits per heavy atom. The van der Waals surface area contributed by atoms with Gasteiger partial charge in [0.1, 0.15) is 0 Å². The summed E-state index contributed by atoms with van der Waals surface area (Å²) in [5.41, 5.74) is 0. The topological polar surface area (TPSA) is 100 Å².